The molecule has 1 N–H and O–H groups in total. The largest absolute Gasteiger partial charge is 0.496 e. The highest BCUT2D eigenvalue weighted by Crippen LogP contribution is 2.25. The predicted octanol–water partition coefficient (Wildman–Crippen LogP) is 2.69. The van der Waals surface area contributed by atoms with Crippen molar-refractivity contribution >= 4 is 5.91 Å². The van der Waals surface area contributed by atoms with Crippen molar-refractivity contribution in [1.82, 2.24) is 10.3 Å². The third-order valence-corrected chi connectivity index (χ3v) is 4.69. The quantitative estimate of drug-likeness (QED) is 0.909. The van der Waals surface area contributed by atoms with Gasteiger partial charge in [0.1, 0.15) is 5.75 Å². The summed E-state index contributed by atoms with van der Waals surface area (Å²) >= 11 is 0. The van der Waals surface area contributed by atoms with Gasteiger partial charge in [0.2, 0.25) is 0 Å². The van der Waals surface area contributed by atoms with Crippen LogP contribution in [0, 0.1) is 19.8 Å². The van der Waals surface area contributed by atoms with E-state index in [1.165, 1.54) is 5.56 Å². The van der Waals surface area contributed by atoms with Crippen molar-refractivity contribution in [2.75, 3.05) is 20.3 Å². The molecular formula is C20H24N2O3. The molecule has 1 amide bonds. The van der Waals surface area contributed by atoms with Crippen molar-refractivity contribution in [3.8, 4) is 5.75 Å². The number of aryl methyl sites for hydroxylation is 2. The molecule has 1 aromatic heterocycles. The molecule has 0 spiro atoms. The van der Waals surface area contributed by atoms with Crippen LogP contribution in [-0.2, 0) is 11.2 Å². The summed E-state index contributed by atoms with van der Waals surface area (Å²) in [6.07, 6.45) is 4.46. The average molecular weight is 340 g/mol. The lowest BCUT2D eigenvalue weighted by Crippen LogP contribution is -2.40. The Kier molecular flexibility index (Phi) is 5.34. The van der Waals surface area contributed by atoms with Gasteiger partial charge in [-0.25, -0.2) is 0 Å². The van der Waals surface area contributed by atoms with Crippen LogP contribution in [0.3, 0.4) is 0 Å². The van der Waals surface area contributed by atoms with Crippen LogP contribution in [-0.4, -0.2) is 37.3 Å². The monoisotopic (exact) mass is 340 g/mol. The second-order valence-electron chi connectivity index (χ2n) is 6.58. The van der Waals surface area contributed by atoms with Gasteiger partial charge >= 0.3 is 0 Å². The number of methoxy groups -OCH3 is 1. The van der Waals surface area contributed by atoms with E-state index in [1.54, 1.807) is 19.5 Å². The summed E-state index contributed by atoms with van der Waals surface area (Å²) in [6.45, 7) is 5.12. The Labute approximate surface area is 148 Å². The van der Waals surface area contributed by atoms with Gasteiger partial charge in [0.15, 0.2) is 0 Å². The minimum atomic E-state index is -0.0657. The molecule has 1 fully saturated rings. The molecule has 0 radical (unpaired) electrons. The molecule has 3 rings (SSSR count). The summed E-state index contributed by atoms with van der Waals surface area (Å²) in [6, 6.07) is 7.77. The third kappa shape index (κ3) is 3.99. The zero-order valence-electron chi connectivity index (χ0n) is 14.9. The van der Waals surface area contributed by atoms with Gasteiger partial charge in [-0.05, 0) is 61.2 Å². The number of ether oxygens (including phenoxy) is 2. The number of nitrogens with one attached hydrogen (secondary N) is 1. The van der Waals surface area contributed by atoms with E-state index in [4.69, 9.17) is 9.47 Å². The van der Waals surface area contributed by atoms with Crippen LogP contribution in [0.25, 0.3) is 0 Å². The van der Waals surface area contributed by atoms with E-state index in [0.29, 0.717) is 18.8 Å². The topological polar surface area (TPSA) is 60.5 Å². The van der Waals surface area contributed by atoms with Gasteiger partial charge in [0.05, 0.1) is 26.4 Å². The number of aromatic nitrogens is 1. The fraction of sp³-hybridized carbons (Fsp3) is 0.400. The molecule has 0 aliphatic carbocycles. The summed E-state index contributed by atoms with van der Waals surface area (Å²) in [7, 11) is 1.65. The summed E-state index contributed by atoms with van der Waals surface area (Å²) in [5.41, 5.74) is 3.79. The fourth-order valence-electron chi connectivity index (χ4n) is 3.44. The van der Waals surface area contributed by atoms with Gasteiger partial charge in [0, 0.05) is 23.9 Å². The van der Waals surface area contributed by atoms with E-state index >= 15 is 0 Å². The molecule has 1 aliphatic heterocycles. The number of carbonyl (C=O) groups is 1. The van der Waals surface area contributed by atoms with Crippen molar-refractivity contribution in [2.45, 2.75) is 26.3 Å². The van der Waals surface area contributed by atoms with Gasteiger partial charge in [-0.15, -0.1) is 0 Å². The number of hydrogen-bond donors (Lipinski definition) is 1. The molecule has 1 saturated heterocycles. The first kappa shape index (κ1) is 17.4. The van der Waals surface area contributed by atoms with Crippen LogP contribution in [0.15, 0.2) is 36.7 Å². The molecule has 0 bridgehead atoms. The highest BCUT2D eigenvalue weighted by molar-refractivity contribution is 5.95. The van der Waals surface area contributed by atoms with Crippen LogP contribution in [0.2, 0.25) is 0 Å². The van der Waals surface area contributed by atoms with Crippen molar-refractivity contribution in [3.05, 3.63) is 58.9 Å². The molecule has 1 aliphatic rings. The first-order chi connectivity index (χ1) is 12.1. The standard InChI is InChI=1S/C20H24N2O3/c1-13-8-16(9-14(2)19(13)24-3)20(23)22-18-12-25-11-17(18)10-15-4-6-21-7-5-15/h4-9,17-18H,10-12H2,1-3H3,(H,22,23)/t17-,18-/m1/s1. The molecule has 1 aromatic carbocycles. The van der Waals surface area contributed by atoms with Crippen LogP contribution in [0.4, 0.5) is 0 Å². The van der Waals surface area contributed by atoms with Gasteiger partial charge in [-0.2, -0.15) is 0 Å². The van der Waals surface area contributed by atoms with E-state index in [9.17, 15) is 4.79 Å². The van der Waals surface area contributed by atoms with Crippen molar-refractivity contribution < 1.29 is 14.3 Å². The molecule has 5 nitrogen and oxygen atoms in total. The molecular weight excluding hydrogens is 316 g/mol. The Morgan fingerprint density at radius 1 is 1.24 bits per heavy atom. The fourth-order valence-corrected chi connectivity index (χ4v) is 3.44. The second-order valence-corrected chi connectivity index (χ2v) is 6.58. The lowest BCUT2D eigenvalue weighted by molar-refractivity contribution is 0.0925. The maximum absolute atomic E-state index is 12.7. The summed E-state index contributed by atoms with van der Waals surface area (Å²) in [5, 5.41) is 3.14. The number of rotatable bonds is 5. The van der Waals surface area contributed by atoms with E-state index in [-0.39, 0.29) is 17.9 Å². The van der Waals surface area contributed by atoms with Crippen LogP contribution in [0.1, 0.15) is 27.0 Å². The minimum absolute atomic E-state index is 0.0170. The SMILES string of the molecule is COc1c(C)cc(C(=O)N[C@@H]2COC[C@H]2Cc2ccncc2)cc1C. The summed E-state index contributed by atoms with van der Waals surface area (Å²) in [5.74, 6) is 1.03. The Morgan fingerprint density at radius 3 is 2.56 bits per heavy atom. The van der Waals surface area contributed by atoms with Crippen molar-refractivity contribution in [3.63, 3.8) is 0 Å². The van der Waals surface area contributed by atoms with Crippen LogP contribution in [0.5, 0.6) is 5.75 Å². The number of carbonyl (C=O) groups excluding carboxylic acids is 1. The Balaban J connectivity index is 1.69. The van der Waals surface area contributed by atoms with E-state index in [2.05, 4.69) is 10.3 Å². The normalized spacial score (nSPS) is 19.6. The minimum Gasteiger partial charge on any atom is -0.496 e. The number of pyridine rings is 1. The lowest BCUT2D eigenvalue weighted by Gasteiger charge is -2.20. The number of benzene rings is 1. The first-order valence-corrected chi connectivity index (χ1v) is 8.51. The average Bonchev–Trinajstić information content (AvgIpc) is 3.02. The highest BCUT2D eigenvalue weighted by Gasteiger charge is 2.30. The third-order valence-electron chi connectivity index (χ3n) is 4.69. The molecule has 25 heavy (non-hydrogen) atoms. The predicted molar refractivity (Wildman–Crippen MR) is 96.0 cm³/mol. The summed E-state index contributed by atoms with van der Waals surface area (Å²) < 4.78 is 11.0. The molecule has 132 valence electrons. The highest BCUT2D eigenvalue weighted by atomic mass is 16.5. The molecule has 2 heterocycles. The van der Waals surface area contributed by atoms with Gasteiger partial charge in [-0.1, -0.05) is 0 Å². The van der Waals surface area contributed by atoms with Crippen LogP contribution >= 0.6 is 0 Å². The first-order valence-electron chi connectivity index (χ1n) is 8.51. The second kappa shape index (κ2) is 7.66. The van der Waals surface area contributed by atoms with Gasteiger partial charge in [0.25, 0.3) is 5.91 Å². The number of amides is 1. The van der Waals surface area contributed by atoms with Gasteiger partial charge < -0.3 is 14.8 Å². The van der Waals surface area contributed by atoms with Crippen LogP contribution < -0.4 is 10.1 Å². The molecule has 2 atom stereocenters. The van der Waals surface area contributed by atoms with E-state index < -0.39 is 0 Å². The molecule has 2 aromatic rings. The van der Waals surface area contributed by atoms with Crippen molar-refractivity contribution in [1.29, 1.82) is 0 Å². The van der Waals surface area contributed by atoms with E-state index in [0.717, 1.165) is 23.3 Å². The Morgan fingerprint density at radius 2 is 1.92 bits per heavy atom. The van der Waals surface area contributed by atoms with Gasteiger partial charge in [-0.3, -0.25) is 9.78 Å². The van der Waals surface area contributed by atoms with E-state index in [1.807, 2.05) is 38.1 Å². The molecule has 0 saturated carbocycles. The smallest absolute Gasteiger partial charge is 0.251 e. The number of nitrogens with zero attached hydrogens (tertiary/aromatic N) is 1. The Bertz CT molecular complexity index is 723. The number of hydrogen-bond acceptors (Lipinski definition) is 4. The zero-order chi connectivity index (χ0) is 17.8. The van der Waals surface area contributed by atoms with Crippen molar-refractivity contribution in [2.24, 2.45) is 5.92 Å². The molecule has 0 unspecified atom stereocenters. The molecule has 5 heteroatoms. The maximum atomic E-state index is 12.7. The lowest BCUT2D eigenvalue weighted by atomic mass is 9.95. The zero-order valence-corrected chi connectivity index (χ0v) is 14.9. The maximum Gasteiger partial charge on any atom is 0.251 e. The summed E-state index contributed by atoms with van der Waals surface area (Å²) in [4.78, 5) is 16.7. The Hall–Kier alpha value is -2.40.